The molecule has 0 aromatic heterocycles. The first-order valence-corrected chi connectivity index (χ1v) is 9.44. The van der Waals surface area contributed by atoms with E-state index < -0.39 is 18.0 Å². The van der Waals surface area contributed by atoms with Crippen LogP contribution in [-0.4, -0.2) is 32.3 Å². The fourth-order valence-electron chi connectivity index (χ4n) is 3.25. The third-order valence-electron chi connectivity index (χ3n) is 4.45. The lowest BCUT2D eigenvalue weighted by molar-refractivity contribution is -0.136. The van der Waals surface area contributed by atoms with Crippen LogP contribution in [0.25, 0.3) is 5.70 Å². The molecule has 2 N–H and O–H groups in total. The highest BCUT2D eigenvalue weighted by atomic mass is 16.5. The molecule has 152 valence electrons. The maximum Gasteiger partial charge on any atom is 0.338 e. The molecule has 1 unspecified atom stereocenters. The summed E-state index contributed by atoms with van der Waals surface area (Å²) in [5, 5.41) is 5.56. The lowest BCUT2D eigenvalue weighted by Crippen LogP contribution is -2.45. The zero-order valence-corrected chi connectivity index (χ0v) is 16.7. The van der Waals surface area contributed by atoms with Gasteiger partial charge in [-0.1, -0.05) is 30.3 Å². The molecule has 2 aromatic carbocycles. The van der Waals surface area contributed by atoms with Gasteiger partial charge in [-0.15, -0.1) is 0 Å². The molecule has 1 atom stereocenters. The third kappa shape index (κ3) is 4.34. The molecule has 1 aliphatic rings. The minimum absolute atomic E-state index is 0.295. The molecule has 1 aliphatic heterocycles. The number of rotatable bonds is 7. The van der Waals surface area contributed by atoms with Gasteiger partial charge < -0.3 is 24.8 Å². The van der Waals surface area contributed by atoms with E-state index in [1.54, 1.807) is 18.2 Å². The summed E-state index contributed by atoms with van der Waals surface area (Å²) in [6.45, 7) is 4.70. The number of nitrogens with one attached hydrogen (secondary N) is 2. The summed E-state index contributed by atoms with van der Waals surface area (Å²) >= 11 is 0. The molecule has 29 heavy (non-hydrogen) atoms. The zero-order valence-electron chi connectivity index (χ0n) is 16.7. The highest BCUT2D eigenvalue weighted by molar-refractivity contribution is 6.04. The number of amides is 2. The second kappa shape index (κ2) is 9.14. The topological polar surface area (TPSA) is 85.9 Å². The van der Waals surface area contributed by atoms with Crippen LogP contribution in [0.4, 0.5) is 4.79 Å². The van der Waals surface area contributed by atoms with Gasteiger partial charge in [0.2, 0.25) is 0 Å². The fourth-order valence-corrected chi connectivity index (χ4v) is 3.25. The summed E-state index contributed by atoms with van der Waals surface area (Å²) in [5.74, 6) is 0.629. The number of benzene rings is 2. The van der Waals surface area contributed by atoms with E-state index >= 15 is 0 Å². The Balaban J connectivity index is 2.18. The first-order valence-electron chi connectivity index (χ1n) is 9.44. The van der Waals surface area contributed by atoms with Crippen molar-refractivity contribution >= 4 is 17.7 Å². The van der Waals surface area contributed by atoms with Crippen LogP contribution >= 0.6 is 0 Å². The highest BCUT2D eigenvalue weighted by Crippen LogP contribution is 2.37. The van der Waals surface area contributed by atoms with E-state index in [0.29, 0.717) is 47.1 Å². The number of urea groups is 1. The molecule has 0 fully saturated rings. The summed E-state index contributed by atoms with van der Waals surface area (Å²) in [6, 6.07) is 13.3. The maximum absolute atomic E-state index is 12.7. The smallest absolute Gasteiger partial charge is 0.338 e. The Morgan fingerprint density at radius 1 is 1.03 bits per heavy atom. The van der Waals surface area contributed by atoms with Crippen molar-refractivity contribution in [2.75, 3.05) is 20.3 Å². The van der Waals surface area contributed by atoms with Crippen molar-refractivity contribution in [3.05, 3.63) is 65.2 Å². The Morgan fingerprint density at radius 3 is 2.41 bits per heavy atom. The predicted octanol–water partition coefficient (Wildman–Crippen LogP) is 3.42. The summed E-state index contributed by atoms with van der Waals surface area (Å²) in [5.41, 5.74) is 2.04. The van der Waals surface area contributed by atoms with Gasteiger partial charge in [-0.25, -0.2) is 9.59 Å². The van der Waals surface area contributed by atoms with Crippen LogP contribution in [0.2, 0.25) is 0 Å². The van der Waals surface area contributed by atoms with E-state index in [0.717, 1.165) is 0 Å². The Bertz CT molecular complexity index is 924. The molecule has 0 aliphatic carbocycles. The van der Waals surface area contributed by atoms with E-state index in [-0.39, 0.29) is 0 Å². The van der Waals surface area contributed by atoms with Gasteiger partial charge in [0, 0.05) is 11.6 Å². The minimum Gasteiger partial charge on any atom is -0.494 e. The molecule has 3 rings (SSSR count). The number of methoxy groups -OCH3 is 1. The second-order valence-corrected chi connectivity index (χ2v) is 6.24. The van der Waals surface area contributed by atoms with E-state index in [2.05, 4.69) is 10.6 Å². The van der Waals surface area contributed by atoms with Crippen molar-refractivity contribution in [3.8, 4) is 11.5 Å². The number of hydrogen-bond donors (Lipinski definition) is 2. The molecule has 0 saturated heterocycles. The van der Waals surface area contributed by atoms with Crippen molar-refractivity contribution in [2.45, 2.75) is 19.9 Å². The molecule has 0 radical (unpaired) electrons. The van der Waals surface area contributed by atoms with Crippen molar-refractivity contribution < 1.29 is 23.8 Å². The van der Waals surface area contributed by atoms with Gasteiger partial charge in [-0.3, -0.25) is 0 Å². The predicted molar refractivity (Wildman–Crippen MR) is 109 cm³/mol. The summed E-state index contributed by atoms with van der Waals surface area (Å²) in [6.07, 6.45) is 0. The third-order valence-corrected chi connectivity index (χ3v) is 4.45. The molecule has 0 bridgehead atoms. The second-order valence-electron chi connectivity index (χ2n) is 6.24. The van der Waals surface area contributed by atoms with E-state index in [1.807, 2.05) is 44.2 Å². The Hall–Kier alpha value is -3.48. The van der Waals surface area contributed by atoms with Gasteiger partial charge in [0.1, 0.15) is 11.5 Å². The van der Waals surface area contributed by atoms with Gasteiger partial charge in [0.15, 0.2) is 0 Å². The van der Waals surface area contributed by atoms with Crippen LogP contribution in [0.5, 0.6) is 11.5 Å². The fraction of sp³-hybridized carbons (Fsp3) is 0.273. The first kappa shape index (κ1) is 20.3. The van der Waals surface area contributed by atoms with Crippen LogP contribution < -0.4 is 20.1 Å². The standard InChI is InChI=1S/C22H24N2O5/c1-4-28-15-11-12-16(17(13-15)29-5-2)20-18(21(25)27-3)19(23-22(26)24-20)14-9-7-6-8-10-14/h6-13,20H,4-5H2,1-3H3,(H2,23,24,26). The molecular weight excluding hydrogens is 372 g/mol. The van der Waals surface area contributed by atoms with Crippen molar-refractivity contribution in [1.29, 1.82) is 0 Å². The maximum atomic E-state index is 12.7. The first-order chi connectivity index (χ1) is 14.1. The highest BCUT2D eigenvalue weighted by Gasteiger charge is 2.35. The number of ether oxygens (including phenoxy) is 3. The Labute approximate surface area is 169 Å². The molecule has 0 saturated carbocycles. The summed E-state index contributed by atoms with van der Waals surface area (Å²) < 4.78 is 16.4. The molecule has 7 nitrogen and oxygen atoms in total. The van der Waals surface area contributed by atoms with Gasteiger partial charge in [0.25, 0.3) is 0 Å². The lowest BCUT2D eigenvalue weighted by atomic mass is 9.92. The average Bonchev–Trinajstić information content (AvgIpc) is 2.74. The molecule has 2 amide bonds. The SMILES string of the molecule is CCOc1ccc(C2NC(=O)NC(c3ccccc3)=C2C(=O)OC)c(OCC)c1. The van der Waals surface area contributed by atoms with Crippen LogP contribution in [-0.2, 0) is 9.53 Å². The molecule has 2 aromatic rings. The quantitative estimate of drug-likeness (QED) is 0.701. The van der Waals surface area contributed by atoms with E-state index in [1.165, 1.54) is 7.11 Å². The number of carbonyl (C=O) groups excluding carboxylic acids is 2. The number of hydrogen-bond acceptors (Lipinski definition) is 5. The summed E-state index contributed by atoms with van der Waals surface area (Å²) in [7, 11) is 1.31. The zero-order chi connectivity index (χ0) is 20.8. The largest absolute Gasteiger partial charge is 0.494 e. The van der Waals surface area contributed by atoms with Crippen molar-refractivity contribution in [3.63, 3.8) is 0 Å². The van der Waals surface area contributed by atoms with E-state index in [9.17, 15) is 9.59 Å². The Morgan fingerprint density at radius 2 is 1.76 bits per heavy atom. The van der Waals surface area contributed by atoms with Gasteiger partial charge in [-0.2, -0.15) is 0 Å². The van der Waals surface area contributed by atoms with Crippen molar-refractivity contribution in [1.82, 2.24) is 10.6 Å². The van der Waals surface area contributed by atoms with Crippen LogP contribution in [0.15, 0.2) is 54.1 Å². The molecule has 0 spiro atoms. The molecule has 1 heterocycles. The average molecular weight is 396 g/mol. The summed E-state index contributed by atoms with van der Waals surface area (Å²) in [4.78, 5) is 25.2. The van der Waals surface area contributed by atoms with Crippen LogP contribution in [0.1, 0.15) is 31.0 Å². The molecule has 7 heteroatoms. The van der Waals surface area contributed by atoms with E-state index in [4.69, 9.17) is 14.2 Å². The lowest BCUT2D eigenvalue weighted by Gasteiger charge is -2.30. The normalized spacial score (nSPS) is 16.0. The monoisotopic (exact) mass is 396 g/mol. The van der Waals surface area contributed by atoms with Crippen molar-refractivity contribution in [2.24, 2.45) is 0 Å². The molecular formula is C22H24N2O5. The van der Waals surface area contributed by atoms with Crippen LogP contribution in [0.3, 0.4) is 0 Å². The van der Waals surface area contributed by atoms with Crippen LogP contribution in [0, 0.1) is 0 Å². The minimum atomic E-state index is -0.747. The Kier molecular flexibility index (Phi) is 6.39. The number of carbonyl (C=O) groups is 2. The van der Waals surface area contributed by atoms with Gasteiger partial charge in [0.05, 0.1) is 37.6 Å². The van der Waals surface area contributed by atoms with Gasteiger partial charge >= 0.3 is 12.0 Å². The number of esters is 1. The van der Waals surface area contributed by atoms with Gasteiger partial charge in [-0.05, 0) is 31.5 Å².